The van der Waals surface area contributed by atoms with Gasteiger partial charge in [0.1, 0.15) is 5.75 Å². The normalized spacial score (nSPS) is 16.5. The third-order valence-corrected chi connectivity index (χ3v) is 4.79. The molecule has 2 aromatic rings. The lowest BCUT2D eigenvalue weighted by Gasteiger charge is -2.21. The first-order valence-electron chi connectivity index (χ1n) is 9.40. The van der Waals surface area contributed by atoms with Crippen molar-refractivity contribution in [2.45, 2.75) is 25.8 Å². The maximum absolute atomic E-state index is 5.26. The predicted molar refractivity (Wildman–Crippen MR) is 123 cm³/mol. The number of pyridine rings is 1. The molecule has 6 nitrogen and oxygen atoms in total. The summed E-state index contributed by atoms with van der Waals surface area (Å²) in [7, 11) is 3.33. The molecule has 1 N–H and O–H groups in total. The van der Waals surface area contributed by atoms with E-state index < -0.39 is 0 Å². The second kappa shape index (κ2) is 11.1. The van der Waals surface area contributed by atoms with Crippen LogP contribution in [0.2, 0.25) is 0 Å². The van der Waals surface area contributed by atoms with Gasteiger partial charge in [0.15, 0.2) is 5.96 Å². The third kappa shape index (κ3) is 5.73. The molecule has 1 fully saturated rings. The number of nitrogens with zero attached hydrogens (tertiary/aromatic N) is 3. The Hall–Kier alpha value is -2.03. The smallest absolute Gasteiger partial charge is 0.213 e. The molecule has 1 aromatic carbocycles. The van der Waals surface area contributed by atoms with Gasteiger partial charge in [-0.1, -0.05) is 18.2 Å². The number of halogens is 1. The number of nitrogens with one attached hydrogen (secondary N) is 1. The summed E-state index contributed by atoms with van der Waals surface area (Å²) in [6, 6.07) is 14.2. The Kier molecular flexibility index (Phi) is 8.82. The first kappa shape index (κ1) is 22.3. The molecule has 1 atom stereocenters. The van der Waals surface area contributed by atoms with Crippen molar-refractivity contribution < 1.29 is 9.47 Å². The molecular weight excluding hydrogens is 467 g/mol. The van der Waals surface area contributed by atoms with Crippen molar-refractivity contribution >= 4 is 29.9 Å². The van der Waals surface area contributed by atoms with Gasteiger partial charge in [-0.15, -0.1) is 24.0 Å². The monoisotopic (exact) mass is 496 g/mol. The van der Waals surface area contributed by atoms with E-state index in [2.05, 4.69) is 34.3 Å². The van der Waals surface area contributed by atoms with Crippen molar-refractivity contribution in [2.75, 3.05) is 33.9 Å². The molecule has 1 aromatic heterocycles. The van der Waals surface area contributed by atoms with E-state index in [0.717, 1.165) is 43.5 Å². The lowest BCUT2D eigenvalue weighted by molar-refractivity contribution is 0.396. The number of guanidine groups is 1. The maximum atomic E-state index is 5.26. The second-order valence-electron chi connectivity index (χ2n) is 6.55. The first-order valence-corrected chi connectivity index (χ1v) is 9.40. The molecule has 0 aliphatic carbocycles. The summed E-state index contributed by atoms with van der Waals surface area (Å²) in [5.74, 6) is 2.97. The van der Waals surface area contributed by atoms with Gasteiger partial charge >= 0.3 is 0 Å². The van der Waals surface area contributed by atoms with E-state index in [1.165, 1.54) is 5.56 Å². The molecule has 7 heteroatoms. The number of aliphatic imine (C=N–C) groups is 1. The van der Waals surface area contributed by atoms with Gasteiger partial charge in [-0.2, -0.15) is 0 Å². The lowest BCUT2D eigenvalue weighted by atomic mass is 9.98. The second-order valence-corrected chi connectivity index (χ2v) is 6.55. The largest absolute Gasteiger partial charge is 0.497 e. The molecule has 1 aliphatic rings. The number of aromatic nitrogens is 1. The van der Waals surface area contributed by atoms with E-state index in [9.17, 15) is 0 Å². The van der Waals surface area contributed by atoms with Crippen LogP contribution in [-0.4, -0.2) is 49.7 Å². The van der Waals surface area contributed by atoms with Crippen LogP contribution in [0.5, 0.6) is 11.6 Å². The average molecular weight is 496 g/mol. The Labute approximate surface area is 184 Å². The highest BCUT2D eigenvalue weighted by molar-refractivity contribution is 14.0. The van der Waals surface area contributed by atoms with Gasteiger partial charge in [-0.3, -0.25) is 0 Å². The number of rotatable bonds is 6. The van der Waals surface area contributed by atoms with Gasteiger partial charge in [-0.05, 0) is 37.1 Å². The molecule has 1 unspecified atom stereocenters. The lowest BCUT2D eigenvalue weighted by Crippen LogP contribution is -2.40. The summed E-state index contributed by atoms with van der Waals surface area (Å²) in [5, 5.41) is 3.41. The Morgan fingerprint density at radius 3 is 2.64 bits per heavy atom. The highest BCUT2D eigenvalue weighted by atomic mass is 127. The summed E-state index contributed by atoms with van der Waals surface area (Å²) >= 11 is 0. The van der Waals surface area contributed by atoms with Crippen LogP contribution in [0.3, 0.4) is 0 Å². The molecule has 1 aliphatic heterocycles. The minimum absolute atomic E-state index is 0. The number of benzene rings is 1. The van der Waals surface area contributed by atoms with Crippen molar-refractivity contribution in [3.8, 4) is 11.6 Å². The minimum Gasteiger partial charge on any atom is -0.497 e. The fraction of sp³-hybridized carbons (Fsp3) is 0.429. The average Bonchev–Trinajstić information content (AvgIpc) is 3.21. The molecule has 0 saturated carbocycles. The molecule has 2 heterocycles. The standard InChI is InChI=1S/C21H28N4O2.HI/c1-4-22-21(23-14-18-6-5-7-20(24-18)27-3)25-13-12-17(15-25)16-8-10-19(26-2)11-9-16;/h5-11,17H,4,12-15H2,1-3H3,(H,22,23);1H. The van der Waals surface area contributed by atoms with Gasteiger partial charge in [0.2, 0.25) is 5.88 Å². The Morgan fingerprint density at radius 1 is 1.18 bits per heavy atom. The highest BCUT2D eigenvalue weighted by Gasteiger charge is 2.26. The van der Waals surface area contributed by atoms with E-state index >= 15 is 0 Å². The topological polar surface area (TPSA) is 59.0 Å². The van der Waals surface area contributed by atoms with Crippen LogP contribution < -0.4 is 14.8 Å². The summed E-state index contributed by atoms with van der Waals surface area (Å²) in [4.78, 5) is 11.6. The number of likely N-dealkylation sites (tertiary alicyclic amines) is 1. The summed E-state index contributed by atoms with van der Waals surface area (Å²) < 4.78 is 10.5. The number of ether oxygens (including phenoxy) is 2. The predicted octanol–water partition coefficient (Wildman–Crippen LogP) is 3.67. The van der Waals surface area contributed by atoms with Gasteiger partial charge in [0.25, 0.3) is 0 Å². The van der Waals surface area contributed by atoms with E-state index in [0.29, 0.717) is 18.3 Å². The van der Waals surface area contributed by atoms with Crippen LogP contribution in [0, 0.1) is 0 Å². The van der Waals surface area contributed by atoms with Gasteiger partial charge in [0, 0.05) is 31.6 Å². The van der Waals surface area contributed by atoms with Gasteiger partial charge in [-0.25, -0.2) is 9.98 Å². The summed E-state index contributed by atoms with van der Waals surface area (Å²) in [6.45, 7) is 5.42. The van der Waals surface area contributed by atoms with E-state index in [-0.39, 0.29) is 24.0 Å². The van der Waals surface area contributed by atoms with E-state index in [1.54, 1.807) is 14.2 Å². The molecule has 1 saturated heterocycles. The van der Waals surface area contributed by atoms with Crippen molar-refractivity contribution in [1.82, 2.24) is 15.2 Å². The molecular formula is C21H29IN4O2. The van der Waals surface area contributed by atoms with E-state index in [1.807, 2.05) is 30.3 Å². The highest BCUT2D eigenvalue weighted by Crippen LogP contribution is 2.28. The molecule has 0 bridgehead atoms. The van der Waals surface area contributed by atoms with Crippen molar-refractivity contribution in [1.29, 1.82) is 0 Å². The zero-order chi connectivity index (χ0) is 19.1. The summed E-state index contributed by atoms with van der Waals surface area (Å²) in [6.07, 6.45) is 1.12. The van der Waals surface area contributed by atoms with Crippen molar-refractivity contribution in [2.24, 2.45) is 4.99 Å². The van der Waals surface area contributed by atoms with Crippen LogP contribution in [0.4, 0.5) is 0 Å². The Balaban J connectivity index is 0.00000280. The van der Waals surface area contributed by atoms with Gasteiger partial charge < -0.3 is 19.7 Å². The fourth-order valence-electron chi connectivity index (χ4n) is 3.34. The van der Waals surface area contributed by atoms with Crippen molar-refractivity contribution in [3.05, 3.63) is 53.7 Å². The Bertz CT molecular complexity index is 767. The van der Waals surface area contributed by atoms with Crippen LogP contribution >= 0.6 is 24.0 Å². The molecule has 0 spiro atoms. The fourth-order valence-corrected chi connectivity index (χ4v) is 3.34. The SMILES string of the molecule is CCNC(=NCc1cccc(OC)n1)N1CCC(c2ccc(OC)cc2)C1.I. The number of hydrogen-bond donors (Lipinski definition) is 1. The summed E-state index contributed by atoms with van der Waals surface area (Å²) in [5.41, 5.74) is 2.25. The van der Waals surface area contributed by atoms with Crippen LogP contribution in [-0.2, 0) is 6.54 Å². The molecule has 28 heavy (non-hydrogen) atoms. The quantitative estimate of drug-likeness (QED) is 0.376. The maximum Gasteiger partial charge on any atom is 0.213 e. The molecule has 152 valence electrons. The van der Waals surface area contributed by atoms with Crippen molar-refractivity contribution in [3.63, 3.8) is 0 Å². The minimum atomic E-state index is 0. The van der Waals surface area contributed by atoms with Crippen LogP contribution in [0.25, 0.3) is 0 Å². The van der Waals surface area contributed by atoms with E-state index in [4.69, 9.17) is 14.5 Å². The zero-order valence-electron chi connectivity index (χ0n) is 16.7. The Morgan fingerprint density at radius 2 is 1.96 bits per heavy atom. The first-order chi connectivity index (χ1) is 13.2. The number of methoxy groups -OCH3 is 2. The third-order valence-electron chi connectivity index (χ3n) is 4.79. The molecule has 3 rings (SSSR count). The number of hydrogen-bond acceptors (Lipinski definition) is 4. The van der Waals surface area contributed by atoms with Gasteiger partial charge in [0.05, 0.1) is 26.5 Å². The van der Waals surface area contributed by atoms with Crippen LogP contribution in [0.15, 0.2) is 47.5 Å². The van der Waals surface area contributed by atoms with Crippen LogP contribution in [0.1, 0.15) is 30.5 Å². The molecule has 0 amide bonds. The zero-order valence-corrected chi connectivity index (χ0v) is 19.1. The molecule has 0 radical (unpaired) electrons.